The van der Waals surface area contributed by atoms with Crippen molar-refractivity contribution in [3.05, 3.63) is 87.9 Å². The predicted molar refractivity (Wildman–Crippen MR) is 125 cm³/mol. The van der Waals surface area contributed by atoms with Gasteiger partial charge in [0.25, 0.3) is 0 Å². The molecule has 2 N–H and O–H groups in total. The van der Waals surface area contributed by atoms with E-state index in [2.05, 4.69) is 15.8 Å². The summed E-state index contributed by atoms with van der Waals surface area (Å²) in [6, 6.07) is 17.6. The maximum Gasteiger partial charge on any atom is 0.343 e. The average Bonchev–Trinajstić information content (AvgIpc) is 2.82. The Hall–Kier alpha value is -3.88. The van der Waals surface area contributed by atoms with Crippen LogP contribution in [-0.4, -0.2) is 31.1 Å². The minimum atomic E-state index is -1.01. The van der Waals surface area contributed by atoms with Gasteiger partial charge in [-0.2, -0.15) is 5.10 Å². The number of benzene rings is 3. The first-order valence-corrected chi connectivity index (χ1v) is 10.2. The number of halogens is 2. The zero-order valence-electron chi connectivity index (χ0n) is 17.2. The molecule has 2 amide bonds. The molecule has 0 fully saturated rings. The number of amides is 2. The highest BCUT2D eigenvalue weighted by Crippen LogP contribution is 2.28. The van der Waals surface area contributed by atoms with Crippen molar-refractivity contribution in [1.82, 2.24) is 5.43 Å². The van der Waals surface area contributed by atoms with Gasteiger partial charge >= 0.3 is 17.8 Å². The monoisotopic (exact) mass is 485 g/mol. The van der Waals surface area contributed by atoms with Gasteiger partial charge in [-0.1, -0.05) is 41.4 Å². The molecule has 3 rings (SSSR count). The number of hydrazone groups is 1. The standard InChI is InChI=1S/C23H17Cl2N3O5/c1-32-20-11-14(7-10-19(20)33-23(31)15-5-3-2-4-6-15)13-26-28-22(30)21(29)27-18-12-16(24)8-9-17(18)25/h2-13H,1H3,(H,27,29)(H,28,30)/b26-13-. The van der Waals surface area contributed by atoms with Gasteiger partial charge in [0.2, 0.25) is 0 Å². The molecule has 3 aromatic carbocycles. The van der Waals surface area contributed by atoms with E-state index in [1.54, 1.807) is 48.5 Å². The molecular formula is C23H17Cl2N3O5. The largest absolute Gasteiger partial charge is 0.493 e. The Kier molecular flexibility index (Phi) is 8.01. The van der Waals surface area contributed by atoms with E-state index in [0.717, 1.165) is 0 Å². The van der Waals surface area contributed by atoms with Gasteiger partial charge in [-0.15, -0.1) is 0 Å². The quantitative estimate of drug-likeness (QED) is 0.178. The zero-order chi connectivity index (χ0) is 23.8. The van der Waals surface area contributed by atoms with Crippen LogP contribution in [0.2, 0.25) is 10.0 Å². The van der Waals surface area contributed by atoms with Crippen molar-refractivity contribution in [2.45, 2.75) is 0 Å². The maximum atomic E-state index is 12.2. The fourth-order valence-corrected chi connectivity index (χ4v) is 2.91. The summed E-state index contributed by atoms with van der Waals surface area (Å²) >= 11 is 11.8. The van der Waals surface area contributed by atoms with E-state index in [4.69, 9.17) is 32.7 Å². The molecule has 0 bridgehead atoms. The van der Waals surface area contributed by atoms with E-state index >= 15 is 0 Å². The fourth-order valence-electron chi connectivity index (χ4n) is 2.57. The number of ether oxygens (including phenoxy) is 2. The van der Waals surface area contributed by atoms with Crippen molar-refractivity contribution in [2.24, 2.45) is 5.10 Å². The summed E-state index contributed by atoms with van der Waals surface area (Å²) < 4.78 is 10.6. The normalized spacial score (nSPS) is 10.5. The van der Waals surface area contributed by atoms with E-state index in [0.29, 0.717) is 16.1 Å². The Labute approximate surface area is 199 Å². The second-order valence-corrected chi connectivity index (χ2v) is 7.29. The number of nitrogens with one attached hydrogen (secondary N) is 2. The van der Waals surface area contributed by atoms with Crippen LogP contribution < -0.4 is 20.2 Å². The molecule has 0 heterocycles. The van der Waals surface area contributed by atoms with Crippen LogP contribution in [0, 0.1) is 0 Å². The second kappa shape index (κ2) is 11.1. The number of carbonyl (C=O) groups excluding carboxylic acids is 3. The molecule has 0 unspecified atom stereocenters. The van der Waals surface area contributed by atoms with Gasteiger partial charge in [0.15, 0.2) is 11.5 Å². The summed E-state index contributed by atoms with van der Waals surface area (Å²) in [4.78, 5) is 36.2. The third-order valence-corrected chi connectivity index (χ3v) is 4.73. The lowest BCUT2D eigenvalue weighted by Crippen LogP contribution is -2.32. The summed E-state index contributed by atoms with van der Waals surface area (Å²) in [5.41, 5.74) is 3.21. The van der Waals surface area contributed by atoms with Gasteiger partial charge in [-0.05, 0) is 54.1 Å². The lowest BCUT2D eigenvalue weighted by Gasteiger charge is -2.10. The maximum absolute atomic E-state index is 12.2. The molecule has 0 aliphatic rings. The lowest BCUT2D eigenvalue weighted by atomic mass is 10.2. The Bertz CT molecular complexity index is 1220. The fraction of sp³-hybridized carbons (Fsp3) is 0.0435. The number of methoxy groups -OCH3 is 1. The average molecular weight is 486 g/mol. The Morgan fingerprint density at radius 1 is 0.909 bits per heavy atom. The molecule has 0 atom stereocenters. The Morgan fingerprint density at radius 3 is 2.39 bits per heavy atom. The van der Waals surface area contributed by atoms with Crippen molar-refractivity contribution in [2.75, 3.05) is 12.4 Å². The van der Waals surface area contributed by atoms with Crippen molar-refractivity contribution in [3.63, 3.8) is 0 Å². The van der Waals surface area contributed by atoms with Crippen LogP contribution >= 0.6 is 23.2 Å². The molecule has 0 spiro atoms. The first kappa shape index (κ1) is 23.8. The minimum absolute atomic E-state index is 0.193. The molecule has 0 saturated carbocycles. The van der Waals surface area contributed by atoms with Crippen LogP contribution in [0.1, 0.15) is 15.9 Å². The van der Waals surface area contributed by atoms with Gasteiger partial charge in [0.05, 0.1) is 29.6 Å². The second-order valence-electron chi connectivity index (χ2n) is 6.44. The van der Waals surface area contributed by atoms with Gasteiger partial charge in [-0.25, -0.2) is 10.2 Å². The Morgan fingerprint density at radius 2 is 1.67 bits per heavy atom. The van der Waals surface area contributed by atoms with E-state index in [1.807, 2.05) is 0 Å². The molecule has 3 aromatic rings. The predicted octanol–water partition coefficient (Wildman–Crippen LogP) is 4.31. The molecule has 0 aromatic heterocycles. The molecule has 0 saturated heterocycles. The number of hydrogen-bond acceptors (Lipinski definition) is 6. The summed E-state index contributed by atoms with van der Waals surface area (Å²) in [6.45, 7) is 0. The van der Waals surface area contributed by atoms with Crippen LogP contribution in [0.3, 0.4) is 0 Å². The molecular weight excluding hydrogens is 469 g/mol. The first-order chi connectivity index (χ1) is 15.9. The number of hydrogen-bond donors (Lipinski definition) is 2. The number of esters is 1. The summed E-state index contributed by atoms with van der Waals surface area (Å²) in [7, 11) is 1.42. The third kappa shape index (κ3) is 6.55. The van der Waals surface area contributed by atoms with Gasteiger partial charge in [0.1, 0.15) is 0 Å². The number of anilines is 1. The van der Waals surface area contributed by atoms with Crippen LogP contribution in [0.4, 0.5) is 5.69 Å². The SMILES string of the molecule is COc1cc(/C=N\NC(=O)C(=O)Nc2cc(Cl)ccc2Cl)ccc1OC(=O)c1ccccc1. The van der Waals surface area contributed by atoms with E-state index in [-0.39, 0.29) is 22.2 Å². The highest BCUT2D eigenvalue weighted by molar-refractivity contribution is 6.42. The van der Waals surface area contributed by atoms with Gasteiger partial charge in [0, 0.05) is 5.02 Å². The molecule has 168 valence electrons. The smallest absolute Gasteiger partial charge is 0.343 e. The zero-order valence-corrected chi connectivity index (χ0v) is 18.7. The number of rotatable bonds is 6. The van der Waals surface area contributed by atoms with Crippen LogP contribution in [-0.2, 0) is 9.59 Å². The van der Waals surface area contributed by atoms with Crippen molar-refractivity contribution < 1.29 is 23.9 Å². The highest BCUT2D eigenvalue weighted by Gasteiger charge is 2.15. The van der Waals surface area contributed by atoms with Crippen LogP contribution in [0.5, 0.6) is 11.5 Å². The molecule has 10 heteroatoms. The Balaban J connectivity index is 1.61. The molecule has 8 nitrogen and oxygen atoms in total. The topological polar surface area (TPSA) is 106 Å². The summed E-state index contributed by atoms with van der Waals surface area (Å²) in [5.74, 6) is -2.03. The van der Waals surface area contributed by atoms with Crippen molar-refractivity contribution >= 4 is 52.9 Å². The van der Waals surface area contributed by atoms with Gasteiger partial charge < -0.3 is 14.8 Å². The van der Waals surface area contributed by atoms with Gasteiger partial charge in [-0.3, -0.25) is 9.59 Å². The first-order valence-electron chi connectivity index (χ1n) is 9.42. The van der Waals surface area contributed by atoms with Crippen LogP contribution in [0.15, 0.2) is 71.8 Å². The molecule has 33 heavy (non-hydrogen) atoms. The van der Waals surface area contributed by atoms with Crippen molar-refractivity contribution in [1.29, 1.82) is 0 Å². The molecule has 0 radical (unpaired) electrons. The highest BCUT2D eigenvalue weighted by atomic mass is 35.5. The third-order valence-electron chi connectivity index (χ3n) is 4.16. The molecule has 0 aliphatic carbocycles. The minimum Gasteiger partial charge on any atom is -0.493 e. The lowest BCUT2D eigenvalue weighted by molar-refractivity contribution is -0.136. The van der Waals surface area contributed by atoms with E-state index in [9.17, 15) is 14.4 Å². The van der Waals surface area contributed by atoms with E-state index in [1.165, 1.54) is 31.5 Å². The number of nitrogens with zero attached hydrogens (tertiary/aromatic N) is 1. The van der Waals surface area contributed by atoms with E-state index < -0.39 is 17.8 Å². The summed E-state index contributed by atoms with van der Waals surface area (Å²) in [6.07, 6.45) is 1.29. The summed E-state index contributed by atoms with van der Waals surface area (Å²) in [5, 5.41) is 6.67. The van der Waals surface area contributed by atoms with Crippen LogP contribution in [0.25, 0.3) is 0 Å². The number of carbonyl (C=O) groups is 3. The molecule has 0 aliphatic heterocycles. The van der Waals surface area contributed by atoms with Crippen molar-refractivity contribution in [3.8, 4) is 11.5 Å².